The minimum absolute atomic E-state index is 0.157. The maximum absolute atomic E-state index is 9.24. The van der Waals surface area contributed by atoms with Crippen LogP contribution in [0, 0.1) is 0 Å². The fourth-order valence-corrected chi connectivity index (χ4v) is 2.74. The van der Waals surface area contributed by atoms with E-state index in [4.69, 9.17) is 0 Å². The number of hydrogen-bond donors (Lipinski definition) is 1. The Kier molecular flexibility index (Phi) is 6.01. The van der Waals surface area contributed by atoms with E-state index in [0.717, 1.165) is 25.7 Å². The normalized spacial score (nSPS) is 12.5. The molecule has 0 spiro atoms. The summed E-state index contributed by atoms with van der Waals surface area (Å²) in [6.07, 6.45) is 8.29. The van der Waals surface area contributed by atoms with Gasteiger partial charge in [-0.05, 0) is 54.5 Å². The van der Waals surface area contributed by atoms with Gasteiger partial charge in [0.05, 0.1) is 6.10 Å². The smallest absolute Gasteiger partial charge is 0.0512 e. The van der Waals surface area contributed by atoms with Gasteiger partial charge in [-0.2, -0.15) is 0 Å². The van der Waals surface area contributed by atoms with Crippen LogP contribution in [0.5, 0.6) is 0 Å². The van der Waals surface area contributed by atoms with Gasteiger partial charge in [0.25, 0.3) is 0 Å². The van der Waals surface area contributed by atoms with E-state index in [1.54, 1.807) is 0 Å². The number of rotatable bonds is 8. The first-order chi connectivity index (χ1) is 10.2. The Morgan fingerprint density at radius 2 is 1.67 bits per heavy atom. The van der Waals surface area contributed by atoms with E-state index in [9.17, 15) is 5.11 Å². The topological polar surface area (TPSA) is 20.2 Å². The van der Waals surface area contributed by atoms with E-state index < -0.39 is 0 Å². The molecule has 1 heteroatoms. The summed E-state index contributed by atoms with van der Waals surface area (Å²) in [5, 5.41) is 11.9. The summed E-state index contributed by atoms with van der Waals surface area (Å²) < 4.78 is 0. The van der Waals surface area contributed by atoms with Crippen molar-refractivity contribution < 1.29 is 5.11 Å². The molecule has 0 aromatic heterocycles. The Balaban J connectivity index is 1.93. The van der Waals surface area contributed by atoms with Gasteiger partial charge in [0.1, 0.15) is 0 Å². The highest BCUT2D eigenvalue weighted by atomic mass is 16.3. The Morgan fingerprint density at radius 3 is 2.33 bits per heavy atom. The van der Waals surface area contributed by atoms with Crippen molar-refractivity contribution in [1.29, 1.82) is 0 Å². The molecule has 0 bridgehead atoms. The van der Waals surface area contributed by atoms with Crippen molar-refractivity contribution in [2.24, 2.45) is 0 Å². The summed E-state index contributed by atoms with van der Waals surface area (Å²) in [5.74, 6) is 0. The number of hydrogen-bond acceptors (Lipinski definition) is 1. The van der Waals surface area contributed by atoms with Gasteiger partial charge in [0.2, 0.25) is 0 Å². The summed E-state index contributed by atoms with van der Waals surface area (Å²) in [6, 6.07) is 13.4. The highest BCUT2D eigenvalue weighted by molar-refractivity contribution is 5.83. The largest absolute Gasteiger partial charge is 0.393 e. The molecule has 1 atom stereocenters. The predicted octanol–water partition coefficient (Wildman–Crippen LogP) is 5.05. The van der Waals surface area contributed by atoms with Gasteiger partial charge in [-0.1, -0.05) is 55.3 Å². The number of unbranched alkanes of at least 4 members (excludes halogenated alkanes) is 2. The highest BCUT2D eigenvalue weighted by Gasteiger charge is 2.00. The van der Waals surface area contributed by atoms with Crippen LogP contribution in [0.25, 0.3) is 10.8 Å². The van der Waals surface area contributed by atoms with Crippen LogP contribution in [0.2, 0.25) is 0 Å². The predicted molar refractivity (Wildman–Crippen MR) is 91.7 cm³/mol. The lowest BCUT2D eigenvalue weighted by Crippen LogP contribution is -1.98. The third-order valence-corrected chi connectivity index (χ3v) is 3.94. The molecule has 2 aromatic rings. The average Bonchev–Trinajstić information content (AvgIpc) is 2.47. The van der Waals surface area contributed by atoms with Gasteiger partial charge in [0.15, 0.2) is 0 Å². The van der Waals surface area contributed by atoms with E-state index in [0.29, 0.717) is 0 Å². The molecular weight excluding hydrogens is 256 g/mol. The van der Waals surface area contributed by atoms with Crippen molar-refractivity contribution >= 4 is 10.8 Å². The first-order valence-electron chi connectivity index (χ1n) is 7.99. The molecule has 0 saturated heterocycles. The first-order valence-corrected chi connectivity index (χ1v) is 7.99. The molecular formula is C20H26O. The van der Waals surface area contributed by atoms with Crippen molar-refractivity contribution in [3.05, 3.63) is 60.2 Å². The van der Waals surface area contributed by atoms with Crippen LogP contribution in [-0.4, -0.2) is 11.2 Å². The Morgan fingerprint density at radius 1 is 1.00 bits per heavy atom. The maximum Gasteiger partial charge on any atom is 0.0512 e. The molecule has 0 amide bonds. The highest BCUT2D eigenvalue weighted by Crippen LogP contribution is 2.20. The van der Waals surface area contributed by atoms with Gasteiger partial charge < -0.3 is 5.11 Å². The zero-order chi connectivity index (χ0) is 15.1. The second kappa shape index (κ2) is 7.99. The third-order valence-electron chi connectivity index (χ3n) is 3.94. The number of benzene rings is 2. The van der Waals surface area contributed by atoms with Gasteiger partial charge in [-0.25, -0.2) is 0 Å². The van der Waals surface area contributed by atoms with E-state index >= 15 is 0 Å². The van der Waals surface area contributed by atoms with Gasteiger partial charge in [-0.3, -0.25) is 0 Å². The minimum atomic E-state index is -0.157. The molecule has 2 aromatic carbocycles. The van der Waals surface area contributed by atoms with Crippen LogP contribution in [0.1, 0.15) is 43.7 Å². The van der Waals surface area contributed by atoms with Crippen LogP contribution in [0.3, 0.4) is 0 Å². The van der Waals surface area contributed by atoms with Crippen molar-refractivity contribution in [1.82, 2.24) is 0 Å². The number of allylic oxidation sites excluding steroid dienone is 1. The molecule has 1 unspecified atom stereocenters. The molecule has 2 rings (SSSR count). The van der Waals surface area contributed by atoms with Gasteiger partial charge >= 0.3 is 0 Å². The van der Waals surface area contributed by atoms with Crippen molar-refractivity contribution in [3.8, 4) is 0 Å². The second-order valence-corrected chi connectivity index (χ2v) is 5.96. The molecule has 1 N–H and O–H groups in total. The van der Waals surface area contributed by atoms with E-state index in [-0.39, 0.29) is 6.10 Å². The van der Waals surface area contributed by atoms with Gasteiger partial charge in [-0.15, -0.1) is 6.58 Å². The Hall–Kier alpha value is -1.60. The quantitative estimate of drug-likeness (QED) is 0.530. The maximum atomic E-state index is 9.24. The lowest BCUT2D eigenvalue weighted by Gasteiger charge is -2.06. The standard InChI is InChI=1S/C20H26O/c1-3-7-17-10-12-20-15-18(11-13-19(20)14-17)9-6-4-5-8-16(2)21/h3,10-16,21H,1,4-9H2,2H3. The summed E-state index contributed by atoms with van der Waals surface area (Å²) in [7, 11) is 0. The van der Waals surface area contributed by atoms with Gasteiger partial charge in [0, 0.05) is 0 Å². The molecule has 0 heterocycles. The van der Waals surface area contributed by atoms with Crippen LogP contribution in [0.4, 0.5) is 0 Å². The lowest BCUT2D eigenvalue weighted by atomic mass is 10.00. The summed E-state index contributed by atoms with van der Waals surface area (Å²) in [5.41, 5.74) is 2.74. The Labute approximate surface area is 128 Å². The number of aryl methyl sites for hydroxylation is 1. The molecule has 1 nitrogen and oxygen atoms in total. The second-order valence-electron chi connectivity index (χ2n) is 5.96. The molecule has 21 heavy (non-hydrogen) atoms. The average molecular weight is 282 g/mol. The molecule has 0 radical (unpaired) electrons. The van der Waals surface area contributed by atoms with Crippen LogP contribution < -0.4 is 0 Å². The fraction of sp³-hybridized carbons (Fsp3) is 0.400. The van der Waals surface area contributed by atoms with E-state index in [2.05, 4.69) is 43.0 Å². The van der Waals surface area contributed by atoms with E-state index in [1.165, 1.54) is 34.7 Å². The van der Waals surface area contributed by atoms with Crippen LogP contribution in [0.15, 0.2) is 49.1 Å². The number of fused-ring (bicyclic) bond motifs is 1. The molecule has 0 saturated carbocycles. The first kappa shape index (κ1) is 15.8. The van der Waals surface area contributed by atoms with Crippen molar-refractivity contribution in [3.63, 3.8) is 0 Å². The monoisotopic (exact) mass is 282 g/mol. The molecule has 112 valence electrons. The number of aliphatic hydroxyl groups is 1. The van der Waals surface area contributed by atoms with Crippen molar-refractivity contribution in [2.75, 3.05) is 0 Å². The summed E-state index contributed by atoms with van der Waals surface area (Å²) >= 11 is 0. The summed E-state index contributed by atoms with van der Waals surface area (Å²) in [6.45, 7) is 5.66. The van der Waals surface area contributed by atoms with Crippen LogP contribution in [-0.2, 0) is 12.8 Å². The third kappa shape index (κ3) is 5.02. The molecule has 0 aliphatic carbocycles. The zero-order valence-corrected chi connectivity index (χ0v) is 13.0. The molecule has 0 aliphatic heterocycles. The minimum Gasteiger partial charge on any atom is -0.393 e. The molecule has 0 aliphatic rings. The summed E-state index contributed by atoms with van der Waals surface area (Å²) in [4.78, 5) is 0. The lowest BCUT2D eigenvalue weighted by molar-refractivity contribution is 0.180. The van der Waals surface area contributed by atoms with Crippen LogP contribution >= 0.6 is 0 Å². The Bertz CT molecular complexity index is 583. The fourth-order valence-electron chi connectivity index (χ4n) is 2.74. The van der Waals surface area contributed by atoms with E-state index in [1.807, 2.05) is 13.0 Å². The molecule has 0 fully saturated rings. The van der Waals surface area contributed by atoms with Crippen molar-refractivity contribution in [2.45, 2.75) is 51.6 Å². The SMILES string of the molecule is C=CCc1ccc2cc(CCCCCC(C)O)ccc2c1. The number of aliphatic hydroxyl groups excluding tert-OH is 1. The zero-order valence-electron chi connectivity index (χ0n) is 13.0.